The van der Waals surface area contributed by atoms with Gasteiger partial charge in [-0.25, -0.2) is 0 Å². The topological polar surface area (TPSA) is 58.8 Å². The first-order valence-electron chi connectivity index (χ1n) is 11.7. The van der Waals surface area contributed by atoms with Gasteiger partial charge in [0.15, 0.2) is 0 Å². The van der Waals surface area contributed by atoms with Gasteiger partial charge in [-0.05, 0) is 60.2 Å². The van der Waals surface area contributed by atoms with E-state index in [4.69, 9.17) is 10.5 Å². The maximum absolute atomic E-state index is 13.3. The van der Waals surface area contributed by atoms with Crippen molar-refractivity contribution in [3.63, 3.8) is 0 Å². The van der Waals surface area contributed by atoms with E-state index in [2.05, 4.69) is 0 Å². The average molecular weight is 478 g/mol. The Morgan fingerprint density at radius 1 is 1.06 bits per heavy atom. The molecule has 186 valence electrons. The molecule has 3 rings (SSSR count). The molecule has 8 heteroatoms. The lowest BCUT2D eigenvalue weighted by Crippen LogP contribution is -2.49. The summed E-state index contributed by atoms with van der Waals surface area (Å²) >= 11 is 0. The van der Waals surface area contributed by atoms with Crippen molar-refractivity contribution in [1.29, 1.82) is 0 Å². The van der Waals surface area contributed by atoms with Crippen molar-refractivity contribution in [1.82, 2.24) is 4.90 Å². The first-order chi connectivity index (χ1) is 16.1. The normalized spacial score (nSPS) is 15.5. The second kappa shape index (κ2) is 11.1. The van der Waals surface area contributed by atoms with Crippen molar-refractivity contribution in [3.05, 3.63) is 59.2 Å². The van der Waals surface area contributed by atoms with Crippen LogP contribution in [0.25, 0.3) is 0 Å². The van der Waals surface area contributed by atoms with Crippen LogP contribution in [0.4, 0.5) is 18.9 Å². The van der Waals surface area contributed by atoms with Gasteiger partial charge in [0.1, 0.15) is 5.75 Å². The molecule has 5 nitrogen and oxygen atoms in total. The summed E-state index contributed by atoms with van der Waals surface area (Å²) in [6.45, 7) is 6.18. The molecule has 0 aromatic heterocycles. The fourth-order valence-corrected chi connectivity index (χ4v) is 4.35. The molecule has 2 aromatic rings. The van der Waals surface area contributed by atoms with E-state index in [1.807, 2.05) is 47.9 Å². The molecular weight excluding hydrogens is 443 g/mol. The van der Waals surface area contributed by atoms with Crippen LogP contribution < -0.4 is 15.4 Å². The lowest BCUT2D eigenvalue weighted by atomic mass is 9.94. The van der Waals surface area contributed by atoms with Crippen molar-refractivity contribution in [2.24, 2.45) is 11.7 Å². The number of aryl methyl sites for hydroxylation is 1. The summed E-state index contributed by atoms with van der Waals surface area (Å²) in [5.74, 6) is 1.12. The molecule has 0 unspecified atom stereocenters. The zero-order valence-corrected chi connectivity index (χ0v) is 20.1. The quantitative estimate of drug-likeness (QED) is 0.579. The molecule has 1 fully saturated rings. The third-order valence-electron chi connectivity index (χ3n) is 6.24. The Hall–Kier alpha value is -2.74. The van der Waals surface area contributed by atoms with Crippen LogP contribution in [0.15, 0.2) is 42.5 Å². The van der Waals surface area contributed by atoms with Crippen LogP contribution in [-0.2, 0) is 17.4 Å². The molecule has 0 bridgehead atoms. The van der Waals surface area contributed by atoms with Crippen LogP contribution in [0.2, 0.25) is 0 Å². The number of rotatable bonds is 8. The second-order valence-electron chi connectivity index (χ2n) is 9.22. The molecule has 1 heterocycles. The molecule has 0 spiro atoms. The number of nitrogens with zero attached hydrogens (tertiary/aromatic N) is 2. The SMILES string of the molecule is COc1ccc(CCC(=O)N2CCN(c3ccc(C(F)(F)F)cc3[C@@H](N)CC(C)C)CC2)cc1. The molecule has 34 heavy (non-hydrogen) atoms. The summed E-state index contributed by atoms with van der Waals surface area (Å²) in [5, 5.41) is 0. The van der Waals surface area contributed by atoms with Crippen molar-refractivity contribution < 1.29 is 22.7 Å². The number of methoxy groups -OCH3 is 1. The van der Waals surface area contributed by atoms with E-state index >= 15 is 0 Å². The van der Waals surface area contributed by atoms with Gasteiger partial charge in [0.2, 0.25) is 5.91 Å². The van der Waals surface area contributed by atoms with E-state index in [1.165, 1.54) is 12.1 Å². The average Bonchev–Trinajstić information content (AvgIpc) is 2.81. The third-order valence-corrected chi connectivity index (χ3v) is 6.24. The maximum Gasteiger partial charge on any atom is 0.416 e. The molecule has 1 aliphatic rings. The highest BCUT2D eigenvalue weighted by atomic mass is 19.4. The van der Waals surface area contributed by atoms with Gasteiger partial charge in [0.05, 0.1) is 12.7 Å². The summed E-state index contributed by atoms with van der Waals surface area (Å²) in [7, 11) is 1.61. The third kappa shape index (κ3) is 6.65. The number of benzene rings is 2. The van der Waals surface area contributed by atoms with Crippen molar-refractivity contribution in [2.45, 2.75) is 45.3 Å². The second-order valence-corrected chi connectivity index (χ2v) is 9.22. The fraction of sp³-hybridized carbons (Fsp3) is 0.500. The van der Waals surface area contributed by atoms with Crippen LogP contribution in [-0.4, -0.2) is 44.1 Å². The number of carbonyl (C=O) groups excluding carboxylic acids is 1. The van der Waals surface area contributed by atoms with Crippen LogP contribution in [0.1, 0.15) is 49.4 Å². The maximum atomic E-state index is 13.3. The molecule has 2 N–H and O–H groups in total. The Morgan fingerprint density at radius 3 is 2.26 bits per heavy atom. The first-order valence-corrected chi connectivity index (χ1v) is 11.7. The van der Waals surface area contributed by atoms with Gasteiger partial charge in [0, 0.05) is 44.3 Å². The predicted octanol–water partition coefficient (Wildman–Crippen LogP) is 5.04. The van der Waals surface area contributed by atoms with Gasteiger partial charge in [-0.2, -0.15) is 13.2 Å². The number of anilines is 1. The van der Waals surface area contributed by atoms with Gasteiger partial charge < -0.3 is 20.3 Å². The van der Waals surface area contributed by atoms with Crippen LogP contribution >= 0.6 is 0 Å². The Morgan fingerprint density at radius 2 is 1.71 bits per heavy atom. The van der Waals surface area contributed by atoms with E-state index in [-0.39, 0.29) is 11.8 Å². The number of piperazine rings is 1. The highest BCUT2D eigenvalue weighted by Crippen LogP contribution is 2.36. The number of hydrogen-bond acceptors (Lipinski definition) is 4. The largest absolute Gasteiger partial charge is 0.497 e. The summed E-state index contributed by atoms with van der Waals surface area (Å²) < 4.78 is 45.2. The smallest absolute Gasteiger partial charge is 0.416 e. The number of halogens is 3. The highest BCUT2D eigenvalue weighted by Gasteiger charge is 2.33. The van der Waals surface area contributed by atoms with Gasteiger partial charge in [-0.15, -0.1) is 0 Å². The summed E-state index contributed by atoms with van der Waals surface area (Å²) in [5.41, 5.74) is 7.97. The van der Waals surface area contributed by atoms with E-state index < -0.39 is 17.8 Å². The lowest BCUT2D eigenvalue weighted by Gasteiger charge is -2.38. The molecule has 1 saturated heterocycles. The number of alkyl halides is 3. The monoisotopic (exact) mass is 477 g/mol. The molecule has 0 aliphatic carbocycles. The minimum absolute atomic E-state index is 0.0830. The fourth-order valence-electron chi connectivity index (χ4n) is 4.35. The van der Waals surface area contributed by atoms with E-state index in [9.17, 15) is 18.0 Å². The van der Waals surface area contributed by atoms with Gasteiger partial charge >= 0.3 is 6.18 Å². The summed E-state index contributed by atoms with van der Waals surface area (Å²) in [4.78, 5) is 16.6. The Bertz CT molecular complexity index is 953. The molecule has 1 amide bonds. The number of hydrogen-bond donors (Lipinski definition) is 1. The van der Waals surface area contributed by atoms with E-state index in [0.717, 1.165) is 23.1 Å². The first kappa shape index (κ1) is 25.9. The highest BCUT2D eigenvalue weighted by molar-refractivity contribution is 5.77. The molecular formula is C26H34F3N3O2. The number of carbonyl (C=O) groups is 1. The van der Waals surface area contributed by atoms with Crippen molar-refractivity contribution in [2.75, 3.05) is 38.2 Å². The molecule has 0 saturated carbocycles. The van der Waals surface area contributed by atoms with Gasteiger partial charge in [0.25, 0.3) is 0 Å². The Kier molecular flexibility index (Phi) is 8.47. The zero-order valence-electron chi connectivity index (χ0n) is 20.1. The molecule has 1 atom stereocenters. The Labute approximate surface area is 199 Å². The minimum atomic E-state index is -4.42. The molecule has 2 aromatic carbocycles. The lowest BCUT2D eigenvalue weighted by molar-refractivity contribution is -0.137. The van der Waals surface area contributed by atoms with Gasteiger partial charge in [-0.3, -0.25) is 4.79 Å². The number of nitrogens with two attached hydrogens (primary N) is 1. The Balaban J connectivity index is 1.64. The van der Waals surface area contributed by atoms with Gasteiger partial charge in [-0.1, -0.05) is 26.0 Å². The van der Waals surface area contributed by atoms with E-state index in [1.54, 1.807) is 7.11 Å². The summed E-state index contributed by atoms with van der Waals surface area (Å²) in [6.07, 6.45) is -2.76. The van der Waals surface area contributed by atoms with Crippen molar-refractivity contribution >= 4 is 11.6 Å². The number of amides is 1. The van der Waals surface area contributed by atoms with Crippen LogP contribution in [0, 0.1) is 5.92 Å². The van der Waals surface area contributed by atoms with E-state index in [0.29, 0.717) is 51.0 Å². The predicted molar refractivity (Wildman–Crippen MR) is 128 cm³/mol. The summed E-state index contributed by atoms with van der Waals surface area (Å²) in [6, 6.07) is 11.0. The van der Waals surface area contributed by atoms with Crippen LogP contribution in [0.5, 0.6) is 5.75 Å². The molecule has 0 radical (unpaired) electrons. The number of ether oxygens (including phenoxy) is 1. The van der Waals surface area contributed by atoms with Crippen LogP contribution in [0.3, 0.4) is 0 Å². The standard InChI is InChI=1S/C26H34F3N3O2/c1-18(2)16-23(30)22-17-20(26(27,28)29)7-10-24(22)31-12-14-32(15-13-31)25(33)11-6-19-4-8-21(34-3)9-5-19/h4-5,7-10,17-18,23H,6,11-16,30H2,1-3H3/t23-/m0/s1. The molecule has 1 aliphatic heterocycles. The minimum Gasteiger partial charge on any atom is -0.497 e. The zero-order chi connectivity index (χ0) is 24.9. The van der Waals surface area contributed by atoms with Crippen molar-refractivity contribution in [3.8, 4) is 5.75 Å².